The molecule has 0 amide bonds. The van der Waals surface area contributed by atoms with Gasteiger partial charge in [-0.15, -0.1) is 0 Å². The molecular formula is C9H16N2. The predicted octanol–water partition coefficient (Wildman–Crippen LogP) is 0.808. The van der Waals surface area contributed by atoms with Crippen LogP contribution >= 0.6 is 0 Å². The van der Waals surface area contributed by atoms with E-state index in [1.54, 1.807) is 0 Å². The Bertz CT molecular complexity index is 180. The van der Waals surface area contributed by atoms with Crippen molar-refractivity contribution in [1.82, 2.24) is 5.32 Å². The molecule has 0 heterocycles. The van der Waals surface area contributed by atoms with Gasteiger partial charge in [0.1, 0.15) is 0 Å². The summed E-state index contributed by atoms with van der Waals surface area (Å²) in [7, 11) is 0. The molecule has 0 saturated heterocycles. The lowest BCUT2D eigenvalue weighted by atomic mass is 9.89. The molecule has 2 unspecified atom stereocenters. The molecule has 0 aliphatic heterocycles. The smallest absolute Gasteiger partial charge is 0.0505 e. The largest absolute Gasteiger partial charge is 0.321 e. The first kappa shape index (κ1) is 8.50. The van der Waals surface area contributed by atoms with E-state index in [2.05, 4.69) is 18.3 Å². The Morgan fingerprint density at radius 2 is 2.27 bits per heavy atom. The van der Waals surface area contributed by atoms with Crippen molar-refractivity contribution < 1.29 is 0 Å². The van der Waals surface area contributed by atoms with E-state index in [1.165, 1.54) is 0 Å². The molecule has 0 aromatic rings. The lowest BCUT2D eigenvalue weighted by Crippen LogP contribution is -2.53. The molecule has 0 fully saturated rings. The minimum absolute atomic E-state index is 0.231. The van der Waals surface area contributed by atoms with Crippen molar-refractivity contribution in [3.63, 3.8) is 0 Å². The van der Waals surface area contributed by atoms with Crippen LogP contribution in [0, 0.1) is 0 Å². The fraction of sp³-hybridized carbons (Fsp3) is 0.556. The minimum Gasteiger partial charge on any atom is -0.321 e. The summed E-state index contributed by atoms with van der Waals surface area (Å²) >= 11 is 0. The average molecular weight is 152 g/mol. The second-order valence-electron chi connectivity index (χ2n) is 3.15. The van der Waals surface area contributed by atoms with Crippen LogP contribution in [0.5, 0.6) is 0 Å². The SMILES string of the molecule is CCNC1C=CC=CC1(C)N. The van der Waals surface area contributed by atoms with Crippen LogP contribution in [0.1, 0.15) is 13.8 Å². The zero-order valence-electron chi connectivity index (χ0n) is 7.17. The lowest BCUT2D eigenvalue weighted by Gasteiger charge is -2.31. The second kappa shape index (κ2) is 3.20. The van der Waals surface area contributed by atoms with Gasteiger partial charge >= 0.3 is 0 Å². The summed E-state index contributed by atoms with van der Waals surface area (Å²) in [5.74, 6) is 0. The average Bonchev–Trinajstić information content (AvgIpc) is 1.94. The van der Waals surface area contributed by atoms with Crippen LogP contribution in [0.3, 0.4) is 0 Å². The summed E-state index contributed by atoms with van der Waals surface area (Å²) in [4.78, 5) is 0. The van der Waals surface area contributed by atoms with Crippen LogP contribution in [0.25, 0.3) is 0 Å². The molecule has 0 radical (unpaired) electrons. The topological polar surface area (TPSA) is 38.0 Å². The number of allylic oxidation sites excluding steroid dienone is 2. The van der Waals surface area contributed by atoms with Gasteiger partial charge in [0.2, 0.25) is 0 Å². The van der Waals surface area contributed by atoms with Crippen molar-refractivity contribution in [3.8, 4) is 0 Å². The summed E-state index contributed by atoms with van der Waals surface area (Å²) in [6, 6.07) is 0.275. The summed E-state index contributed by atoms with van der Waals surface area (Å²) < 4.78 is 0. The van der Waals surface area contributed by atoms with Gasteiger partial charge in [0.05, 0.1) is 5.54 Å². The van der Waals surface area contributed by atoms with Crippen molar-refractivity contribution in [2.75, 3.05) is 6.54 Å². The van der Waals surface area contributed by atoms with E-state index in [0.717, 1.165) is 6.54 Å². The fourth-order valence-electron chi connectivity index (χ4n) is 1.26. The molecule has 1 aliphatic carbocycles. The zero-order chi connectivity index (χ0) is 8.32. The second-order valence-corrected chi connectivity index (χ2v) is 3.15. The predicted molar refractivity (Wildman–Crippen MR) is 48.3 cm³/mol. The first-order valence-corrected chi connectivity index (χ1v) is 4.05. The molecular weight excluding hydrogens is 136 g/mol. The molecule has 3 N–H and O–H groups in total. The molecule has 1 rings (SSSR count). The van der Waals surface area contributed by atoms with Gasteiger partial charge in [0, 0.05) is 6.04 Å². The summed E-state index contributed by atoms with van der Waals surface area (Å²) in [5, 5.41) is 3.31. The van der Waals surface area contributed by atoms with E-state index in [0.29, 0.717) is 0 Å². The molecule has 0 saturated carbocycles. The van der Waals surface area contributed by atoms with E-state index in [-0.39, 0.29) is 11.6 Å². The van der Waals surface area contributed by atoms with Crippen molar-refractivity contribution in [2.45, 2.75) is 25.4 Å². The highest BCUT2D eigenvalue weighted by molar-refractivity contribution is 5.25. The Kier molecular flexibility index (Phi) is 2.47. The van der Waals surface area contributed by atoms with Gasteiger partial charge < -0.3 is 11.1 Å². The van der Waals surface area contributed by atoms with Crippen molar-refractivity contribution in [1.29, 1.82) is 0 Å². The third-order valence-electron chi connectivity index (χ3n) is 1.96. The van der Waals surface area contributed by atoms with Gasteiger partial charge in [-0.2, -0.15) is 0 Å². The Hall–Kier alpha value is -0.600. The van der Waals surface area contributed by atoms with Crippen LogP contribution < -0.4 is 11.1 Å². The Morgan fingerprint density at radius 3 is 2.82 bits per heavy atom. The van der Waals surface area contributed by atoms with Crippen molar-refractivity contribution in [3.05, 3.63) is 24.3 Å². The number of hydrogen-bond donors (Lipinski definition) is 2. The van der Waals surface area contributed by atoms with E-state index >= 15 is 0 Å². The molecule has 0 aromatic carbocycles. The number of rotatable bonds is 2. The molecule has 0 aromatic heterocycles. The standard InChI is InChI=1S/C9H16N2/c1-3-11-8-6-4-5-7-9(8,2)10/h4-8,11H,3,10H2,1-2H3. The van der Waals surface area contributed by atoms with Crippen LogP contribution in [0.2, 0.25) is 0 Å². The monoisotopic (exact) mass is 152 g/mol. The minimum atomic E-state index is -0.231. The zero-order valence-corrected chi connectivity index (χ0v) is 7.17. The number of likely N-dealkylation sites (N-methyl/N-ethyl adjacent to an activating group) is 1. The third-order valence-corrected chi connectivity index (χ3v) is 1.96. The highest BCUT2D eigenvalue weighted by Gasteiger charge is 2.25. The van der Waals surface area contributed by atoms with Crippen LogP contribution in [-0.4, -0.2) is 18.1 Å². The lowest BCUT2D eigenvalue weighted by molar-refractivity contribution is 0.439. The first-order valence-electron chi connectivity index (χ1n) is 4.05. The molecule has 2 atom stereocenters. The van der Waals surface area contributed by atoms with E-state index in [4.69, 9.17) is 5.73 Å². The van der Waals surface area contributed by atoms with E-state index in [9.17, 15) is 0 Å². The molecule has 2 nitrogen and oxygen atoms in total. The third kappa shape index (κ3) is 1.91. The maximum atomic E-state index is 6.01. The first-order chi connectivity index (χ1) is 5.17. The summed E-state index contributed by atoms with van der Waals surface area (Å²) in [5.41, 5.74) is 5.78. The Morgan fingerprint density at radius 1 is 1.55 bits per heavy atom. The maximum absolute atomic E-state index is 6.01. The number of nitrogens with two attached hydrogens (primary N) is 1. The molecule has 0 bridgehead atoms. The highest BCUT2D eigenvalue weighted by Crippen LogP contribution is 2.13. The van der Waals surface area contributed by atoms with Crippen LogP contribution in [0.15, 0.2) is 24.3 Å². The molecule has 62 valence electrons. The van der Waals surface area contributed by atoms with Gasteiger partial charge in [0.25, 0.3) is 0 Å². The van der Waals surface area contributed by atoms with Crippen molar-refractivity contribution in [2.24, 2.45) is 5.73 Å². The quantitative estimate of drug-likeness (QED) is 0.614. The van der Waals surface area contributed by atoms with Gasteiger partial charge in [-0.25, -0.2) is 0 Å². The summed E-state index contributed by atoms with van der Waals surface area (Å²) in [6.07, 6.45) is 8.15. The van der Waals surface area contributed by atoms with Crippen LogP contribution in [-0.2, 0) is 0 Å². The van der Waals surface area contributed by atoms with Gasteiger partial charge in [-0.05, 0) is 13.5 Å². The van der Waals surface area contributed by atoms with E-state index < -0.39 is 0 Å². The molecule has 1 aliphatic rings. The normalized spacial score (nSPS) is 36.1. The maximum Gasteiger partial charge on any atom is 0.0505 e. The van der Waals surface area contributed by atoms with Gasteiger partial charge in [0.15, 0.2) is 0 Å². The van der Waals surface area contributed by atoms with Gasteiger partial charge in [-0.3, -0.25) is 0 Å². The molecule has 2 heteroatoms. The Balaban J connectivity index is 2.64. The van der Waals surface area contributed by atoms with E-state index in [1.807, 2.05) is 25.2 Å². The Labute approximate surface area is 68.2 Å². The highest BCUT2D eigenvalue weighted by atomic mass is 15.0. The van der Waals surface area contributed by atoms with Gasteiger partial charge in [-0.1, -0.05) is 31.2 Å². The van der Waals surface area contributed by atoms with Crippen molar-refractivity contribution >= 4 is 0 Å². The number of hydrogen-bond acceptors (Lipinski definition) is 2. The fourth-order valence-corrected chi connectivity index (χ4v) is 1.26. The molecule has 11 heavy (non-hydrogen) atoms. The number of nitrogens with one attached hydrogen (secondary N) is 1. The molecule has 0 spiro atoms. The van der Waals surface area contributed by atoms with Crippen LogP contribution in [0.4, 0.5) is 0 Å². The summed E-state index contributed by atoms with van der Waals surface area (Å²) in [6.45, 7) is 5.07.